The maximum Gasteiger partial charge on any atom is 0.339 e. The number of alkyl halides is 1. The number of hydrogen-bond donors (Lipinski definition) is 0. The topological polar surface area (TPSA) is 55.8 Å². The molecule has 2 aromatic rings. The maximum atomic E-state index is 13.2. The van der Waals surface area contributed by atoms with Crippen molar-refractivity contribution in [3.8, 4) is 5.75 Å². The number of esters is 1. The first-order valence-electron chi connectivity index (χ1n) is 9.26. The molecular formula is C22H26BrNO4. The third-order valence-electron chi connectivity index (χ3n) is 4.03. The van der Waals surface area contributed by atoms with Crippen LogP contribution in [0.5, 0.6) is 5.75 Å². The molecule has 0 aromatic heterocycles. The number of nitrogens with zero attached hydrogens (tertiary/aromatic N) is 1. The SMILES string of the molecule is COC(=O)c1ccc(OCCCBr)cc1N(CC(C)C)C(=O)c1ccccc1. The van der Waals surface area contributed by atoms with Crippen LogP contribution in [0.1, 0.15) is 41.0 Å². The smallest absolute Gasteiger partial charge is 0.339 e. The summed E-state index contributed by atoms with van der Waals surface area (Å²) in [6.07, 6.45) is 0.854. The molecular weight excluding hydrogens is 422 g/mol. The Kier molecular flexibility index (Phi) is 8.51. The fourth-order valence-electron chi connectivity index (χ4n) is 2.74. The molecule has 0 bridgehead atoms. The summed E-state index contributed by atoms with van der Waals surface area (Å²) in [5.74, 6) is 0.156. The van der Waals surface area contributed by atoms with Gasteiger partial charge >= 0.3 is 5.97 Å². The molecule has 2 rings (SSSR count). The summed E-state index contributed by atoms with van der Waals surface area (Å²) in [6.45, 7) is 5.06. The molecule has 28 heavy (non-hydrogen) atoms. The van der Waals surface area contributed by atoms with E-state index in [1.54, 1.807) is 35.2 Å². The zero-order chi connectivity index (χ0) is 20.5. The van der Waals surface area contributed by atoms with Gasteiger partial charge in [0.05, 0.1) is 25.0 Å². The molecule has 0 aliphatic rings. The normalized spacial score (nSPS) is 10.6. The van der Waals surface area contributed by atoms with E-state index in [2.05, 4.69) is 15.9 Å². The number of benzene rings is 2. The average molecular weight is 448 g/mol. The summed E-state index contributed by atoms with van der Waals surface area (Å²) in [7, 11) is 1.33. The second kappa shape index (κ2) is 10.9. The van der Waals surface area contributed by atoms with Gasteiger partial charge in [-0.05, 0) is 36.6 Å². The van der Waals surface area contributed by atoms with Crippen LogP contribution < -0.4 is 9.64 Å². The van der Waals surface area contributed by atoms with Crippen molar-refractivity contribution in [2.24, 2.45) is 5.92 Å². The summed E-state index contributed by atoms with van der Waals surface area (Å²) >= 11 is 3.38. The number of halogens is 1. The maximum absolute atomic E-state index is 13.2. The highest BCUT2D eigenvalue weighted by atomic mass is 79.9. The second-order valence-electron chi connectivity index (χ2n) is 6.74. The summed E-state index contributed by atoms with van der Waals surface area (Å²) in [4.78, 5) is 27.2. The Hall–Kier alpha value is -2.34. The summed E-state index contributed by atoms with van der Waals surface area (Å²) < 4.78 is 10.7. The number of anilines is 1. The predicted molar refractivity (Wildman–Crippen MR) is 115 cm³/mol. The van der Waals surface area contributed by atoms with Gasteiger partial charge in [0, 0.05) is 23.5 Å². The molecule has 1 amide bonds. The highest BCUT2D eigenvalue weighted by Gasteiger charge is 2.25. The Morgan fingerprint density at radius 2 is 1.82 bits per heavy atom. The first-order valence-corrected chi connectivity index (χ1v) is 10.4. The summed E-state index contributed by atoms with van der Waals surface area (Å²) in [5, 5.41) is 0.839. The second-order valence-corrected chi connectivity index (χ2v) is 7.53. The Balaban J connectivity index is 2.49. The monoisotopic (exact) mass is 447 g/mol. The van der Waals surface area contributed by atoms with Crippen molar-refractivity contribution in [1.82, 2.24) is 0 Å². The van der Waals surface area contributed by atoms with E-state index in [1.807, 2.05) is 32.0 Å². The number of amides is 1. The Morgan fingerprint density at radius 1 is 1.11 bits per heavy atom. The molecule has 150 valence electrons. The lowest BCUT2D eigenvalue weighted by molar-refractivity contribution is 0.0601. The van der Waals surface area contributed by atoms with Gasteiger partial charge in [0.15, 0.2) is 0 Å². The Bertz CT molecular complexity index is 792. The zero-order valence-electron chi connectivity index (χ0n) is 16.5. The molecule has 6 heteroatoms. The van der Waals surface area contributed by atoms with Gasteiger partial charge in [-0.2, -0.15) is 0 Å². The Labute approximate surface area is 174 Å². The molecule has 5 nitrogen and oxygen atoms in total. The quantitative estimate of drug-likeness (QED) is 0.310. The van der Waals surface area contributed by atoms with Gasteiger partial charge in [0.1, 0.15) is 5.75 Å². The molecule has 0 aliphatic carbocycles. The van der Waals surface area contributed by atoms with Crippen LogP contribution in [-0.2, 0) is 4.74 Å². The molecule has 0 unspecified atom stereocenters. The van der Waals surface area contributed by atoms with E-state index in [1.165, 1.54) is 7.11 Å². The molecule has 0 fully saturated rings. The summed E-state index contributed by atoms with van der Waals surface area (Å²) in [6, 6.07) is 14.2. The lowest BCUT2D eigenvalue weighted by Crippen LogP contribution is -2.35. The van der Waals surface area contributed by atoms with Crippen molar-refractivity contribution in [1.29, 1.82) is 0 Å². The molecule has 0 saturated carbocycles. The molecule has 0 radical (unpaired) electrons. The molecule has 0 saturated heterocycles. The standard InChI is InChI=1S/C22H26BrNO4/c1-16(2)15-24(21(25)17-8-5-4-6-9-17)20-14-18(28-13-7-12-23)10-11-19(20)22(26)27-3/h4-6,8-11,14,16H,7,12-13,15H2,1-3H3. The first kappa shape index (κ1) is 22.0. The van der Waals surface area contributed by atoms with Gasteiger partial charge in [-0.25, -0.2) is 4.79 Å². The minimum absolute atomic E-state index is 0.169. The highest BCUT2D eigenvalue weighted by Crippen LogP contribution is 2.29. The minimum atomic E-state index is -0.489. The third-order valence-corrected chi connectivity index (χ3v) is 4.59. The number of methoxy groups -OCH3 is 1. The number of carbonyl (C=O) groups excluding carboxylic acids is 2. The van der Waals surface area contributed by atoms with Crippen molar-refractivity contribution in [2.75, 3.05) is 30.5 Å². The van der Waals surface area contributed by atoms with E-state index in [9.17, 15) is 9.59 Å². The van der Waals surface area contributed by atoms with E-state index >= 15 is 0 Å². The fraction of sp³-hybridized carbons (Fsp3) is 0.364. The van der Waals surface area contributed by atoms with Crippen LogP contribution in [0.3, 0.4) is 0 Å². The fourth-order valence-corrected chi connectivity index (χ4v) is 2.97. The van der Waals surface area contributed by atoms with Crippen molar-refractivity contribution >= 4 is 33.5 Å². The van der Waals surface area contributed by atoms with Gasteiger partial charge < -0.3 is 14.4 Å². The molecule has 2 aromatic carbocycles. The zero-order valence-corrected chi connectivity index (χ0v) is 18.1. The average Bonchev–Trinajstić information content (AvgIpc) is 2.71. The molecule has 0 heterocycles. The van der Waals surface area contributed by atoms with Crippen molar-refractivity contribution in [2.45, 2.75) is 20.3 Å². The minimum Gasteiger partial charge on any atom is -0.493 e. The Morgan fingerprint density at radius 3 is 2.43 bits per heavy atom. The van der Waals surface area contributed by atoms with Gasteiger partial charge in [0.2, 0.25) is 0 Å². The van der Waals surface area contributed by atoms with Crippen LogP contribution in [0.15, 0.2) is 48.5 Å². The van der Waals surface area contributed by atoms with Crippen molar-refractivity contribution in [3.63, 3.8) is 0 Å². The number of rotatable bonds is 9. The largest absolute Gasteiger partial charge is 0.493 e. The van der Waals surface area contributed by atoms with E-state index < -0.39 is 5.97 Å². The van der Waals surface area contributed by atoms with E-state index in [-0.39, 0.29) is 11.8 Å². The van der Waals surface area contributed by atoms with Crippen LogP contribution in [0, 0.1) is 5.92 Å². The molecule has 0 atom stereocenters. The van der Waals surface area contributed by atoms with Crippen LogP contribution in [0.2, 0.25) is 0 Å². The van der Waals surface area contributed by atoms with Crippen molar-refractivity contribution < 1.29 is 19.1 Å². The first-order chi connectivity index (χ1) is 13.5. The third kappa shape index (κ3) is 5.83. The molecule has 0 spiro atoms. The predicted octanol–water partition coefficient (Wildman–Crippen LogP) is 4.94. The van der Waals surface area contributed by atoms with Crippen LogP contribution >= 0.6 is 15.9 Å². The van der Waals surface area contributed by atoms with Crippen LogP contribution in [-0.4, -0.2) is 37.5 Å². The van der Waals surface area contributed by atoms with Gasteiger partial charge in [-0.15, -0.1) is 0 Å². The van der Waals surface area contributed by atoms with Gasteiger partial charge in [-0.3, -0.25) is 4.79 Å². The number of ether oxygens (including phenoxy) is 2. The molecule has 0 N–H and O–H groups in total. The van der Waals surface area contributed by atoms with E-state index in [0.29, 0.717) is 35.7 Å². The van der Waals surface area contributed by atoms with Crippen LogP contribution in [0.4, 0.5) is 5.69 Å². The van der Waals surface area contributed by atoms with Crippen molar-refractivity contribution in [3.05, 3.63) is 59.7 Å². The number of hydrogen-bond acceptors (Lipinski definition) is 4. The number of carbonyl (C=O) groups is 2. The van der Waals surface area contributed by atoms with E-state index in [0.717, 1.165) is 11.8 Å². The summed E-state index contributed by atoms with van der Waals surface area (Å²) in [5.41, 5.74) is 1.38. The van der Waals surface area contributed by atoms with Gasteiger partial charge in [-0.1, -0.05) is 48.0 Å². The van der Waals surface area contributed by atoms with E-state index in [4.69, 9.17) is 9.47 Å². The lowest BCUT2D eigenvalue weighted by Gasteiger charge is -2.27. The molecule has 0 aliphatic heterocycles. The lowest BCUT2D eigenvalue weighted by atomic mass is 10.1. The van der Waals surface area contributed by atoms with Crippen LogP contribution in [0.25, 0.3) is 0 Å². The highest BCUT2D eigenvalue weighted by molar-refractivity contribution is 9.09. The van der Waals surface area contributed by atoms with Gasteiger partial charge in [0.25, 0.3) is 5.91 Å².